The van der Waals surface area contributed by atoms with Gasteiger partial charge in [0, 0.05) is 23.6 Å². The molecule has 1 unspecified atom stereocenters. The van der Waals surface area contributed by atoms with Crippen molar-refractivity contribution in [1.29, 1.82) is 0 Å². The highest BCUT2D eigenvalue weighted by molar-refractivity contribution is 7.09. The monoisotopic (exact) mass is 235 g/mol. The van der Waals surface area contributed by atoms with Crippen molar-refractivity contribution in [3.05, 3.63) is 36.2 Å². The first-order valence-corrected chi connectivity index (χ1v) is 5.84. The Kier molecular flexibility index (Phi) is 3.48. The van der Waals surface area contributed by atoms with Crippen LogP contribution in [0.4, 0.5) is 10.8 Å². The lowest BCUT2D eigenvalue weighted by atomic mass is 10.3. The maximum Gasteiger partial charge on any atom is 0.207 e. The van der Waals surface area contributed by atoms with Crippen LogP contribution in [0.1, 0.15) is 12.7 Å². The molecule has 1 aromatic carbocycles. The molecule has 16 heavy (non-hydrogen) atoms. The predicted molar refractivity (Wildman–Crippen MR) is 65.0 cm³/mol. The number of hydrogen-bond acceptors (Lipinski definition) is 5. The van der Waals surface area contributed by atoms with Crippen LogP contribution in [0.15, 0.2) is 30.3 Å². The molecule has 2 rings (SSSR count). The summed E-state index contributed by atoms with van der Waals surface area (Å²) in [6.45, 7) is 1.73. The maximum absolute atomic E-state index is 9.21. The zero-order valence-corrected chi connectivity index (χ0v) is 9.74. The molecule has 0 amide bonds. The quantitative estimate of drug-likeness (QED) is 0.853. The van der Waals surface area contributed by atoms with Gasteiger partial charge in [-0.15, -0.1) is 0 Å². The summed E-state index contributed by atoms with van der Waals surface area (Å²) in [5.74, 6) is 0.679. The van der Waals surface area contributed by atoms with E-state index in [0.717, 1.165) is 10.8 Å². The van der Waals surface area contributed by atoms with Gasteiger partial charge >= 0.3 is 0 Å². The fourth-order valence-electron chi connectivity index (χ4n) is 1.30. The van der Waals surface area contributed by atoms with Gasteiger partial charge in [0.25, 0.3) is 0 Å². The second-order valence-electron chi connectivity index (χ2n) is 3.56. The van der Waals surface area contributed by atoms with Crippen molar-refractivity contribution >= 4 is 22.4 Å². The Hall–Kier alpha value is -1.46. The number of para-hydroxylation sites is 1. The van der Waals surface area contributed by atoms with Gasteiger partial charge in [0.2, 0.25) is 5.13 Å². The van der Waals surface area contributed by atoms with Gasteiger partial charge in [-0.2, -0.15) is 4.37 Å². The standard InChI is InChI=1S/C11H13N3OS/c1-8(15)7-10-13-11(16-14-10)12-9-5-3-2-4-6-9/h2-6,8,15H,7H2,1H3,(H,12,13,14). The second-order valence-corrected chi connectivity index (χ2v) is 4.31. The minimum absolute atomic E-state index is 0.404. The molecule has 2 aromatic rings. The maximum atomic E-state index is 9.21. The molecular formula is C11H13N3OS. The Morgan fingerprint density at radius 1 is 1.38 bits per heavy atom. The summed E-state index contributed by atoms with van der Waals surface area (Å²) in [5, 5.41) is 13.1. The van der Waals surface area contributed by atoms with E-state index < -0.39 is 6.10 Å². The number of nitrogens with zero attached hydrogens (tertiary/aromatic N) is 2. The van der Waals surface area contributed by atoms with Crippen LogP contribution in [0.25, 0.3) is 0 Å². The Labute approximate surface area is 98.1 Å². The van der Waals surface area contributed by atoms with E-state index in [4.69, 9.17) is 0 Å². The number of rotatable bonds is 4. The highest BCUT2D eigenvalue weighted by Crippen LogP contribution is 2.18. The van der Waals surface area contributed by atoms with E-state index in [1.165, 1.54) is 11.5 Å². The van der Waals surface area contributed by atoms with Crippen LogP contribution in [0, 0.1) is 0 Å². The van der Waals surface area contributed by atoms with E-state index in [1.54, 1.807) is 6.92 Å². The largest absolute Gasteiger partial charge is 0.393 e. The first kappa shape index (κ1) is 11.0. The molecule has 0 aliphatic rings. The van der Waals surface area contributed by atoms with E-state index >= 15 is 0 Å². The van der Waals surface area contributed by atoms with Gasteiger partial charge in [0.05, 0.1) is 6.10 Å². The van der Waals surface area contributed by atoms with E-state index in [2.05, 4.69) is 14.7 Å². The van der Waals surface area contributed by atoms with Crippen LogP contribution in [0.3, 0.4) is 0 Å². The molecule has 2 N–H and O–H groups in total. The van der Waals surface area contributed by atoms with Crippen molar-refractivity contribution in [1.82, 2.24) is 9.36 Å². The van der Waals surface area contributed by atoms with Crippen LogP contribution in [0.5, 0.6) is 0 Å². The highest BCUT2D eigenvalue weighted by atomic mass is 32.1. The fourth-order valence-corrected chi connectivity index (χ4v) is 1.91. The van der Waals surface area contributed by atoms with Gasteiger partial charge < -0.3 is 10.4 Å². The smallest absolute Gasteiger partial charge is 0.207 e. The molecule has 0 spiro atoms. The molecule has 5 heteroatoms. The third-order valence-electron chi connectivity index (χ3n) is 1.97. The minimum atomic E-state index is -0.404. The van der Waals surface area contributed by atoms with Crippen LogP contribution >= 0.6 is 11.5 Å². The Bertz CT molecular complexity index is 442. The summed E-state index contributed by atoms with van der Waals surface area (Å²) in [4.78, 5) is 4.28. The molecule has 0 bridgehead atoms. The molecule has 0 saturated carbocycles. The summed E-state index contributed by atoms with van der Waals surface area (Å²) >= 11 is 1.30. The van der Waals surface area contributed by atoms with E-state index in [1.807, 2.05) is 30.3 Å². The molecule has 0 fully saturated rings. The predicted octanol–water partition coefficient (Wildman–Crippen LogP) is 2.21. The Morgan fingerprint density at radius 3 is 2.81 bits per heavy atom. The van der Waals surface area contributed by atoms with Crippen LogP contribution in [0.2, 0.25) is 0 Å². The summed E-state index contributed by atoms with van der Waals surface area (Å²) in [7, 11) is 0. The Balaban J connectivity index is 2.03. The van der Waals surface area contributed by atoms with Gasteiger partial charge in [0.1, 0.15) is 5.82 Å². The molecular weight excluding hydrogens is 222 g/mol. The summed E-state index contributed by atoms with van der Waals surface area (Å²) < 4.78 is 4.16. The molecule has 1 heterocycles. The van der Waals surface area contributed by atoms with Crippen molar-refractivity contribution in [2.24, 2.45) is 0 Å². The fraction of sp³-hybridized carbons (Fsp3) is 0.273. The van der Waals surface area contributed by atoms with E-state index in [-0.39, 0.29) is 0 Å². The zero-order chi connectivity index (χ0) is 11.4. The normalized spacial score (nSPS) is 12.4. The Morgan fingerprint density at radius 2 is 2.12 bits per heavy atom. The minimum Gasteiger partial charge on any atom is -0.393 e. The van der Waals surface area contributed by atoms with Crippen LogP contribution in [-0.2, 0) is 6.42 Å². The third kappa shape index (κ3) is 3.01. The number of anilines is 2. The van der Waals surface area contributed by atoms with Gasteiger partial charge in [-0.1, -0.05) is 18.2 Å². The summed E-state index contributed by atoms with van der Waals surface area (Å²) in [6.07, 6.45) is 0.0895. The lowest BCUT2D eigenvalue weighted by Gasteiger charge is -2.00. The summed E-state index contributed by atoms with van der Waals surface area (Å²) in [6, 6.07) is 9.82. The molecule has 0 saturated heterocycles. The van der Waals surface area contributed by atoms with Crippen LogP contribution in [-0.4, -0.2) is 20.6 Å². The first-order chi connectivity index (χ1) is 7.74. The number of benzene rings is 1. The van der Waals surface area contributed by atoms with Crippen molar-refractivity contribution in [2.75, 3.05) is 5.32 Å². The van der Waals surface area contributed by atoms with Crippen molar-refractivity contribution in [2.45, 2.75) is 19.4 Å². The second kappa shape index (κ2) is 5.05. The van der Waals surface area contributed by atoms with E-state index in [0.29, 0.717) is 12.2 Å². The molecule has 1 aromatic heterocycles. The average molecular weight is 235 g/mol. The average Bonchev–Trinajstić information content (AvgIpc) is 2.66. The topological polar surface area (TPSA) is 58.0 Å². The zero-order valence-electron chi connectivity index (χ0n) is 8.92. The van der Waals surface area contributed by atoms with Gasteiger partial charge in [-0.25, -0.2) is 4.98 Å². The van der Waals surface area contributed by atoms with Crippen molar-refractivity contribution in [3.63, 3.8) is 0 Å². The molecule has 4 nitrogen and oxygen atoms in total. The highest BCUT2D eigenvalue weighted by Gasteiger charge is 2.06. The number of nitrogens with one attached hydrogen (secondary N) is 1. The molecule has 1 atom stereocenters. The molecule has 0 radical (unpaired) electrons. The molecule has 0 aliphatic heterocycles. The third-order valence-corrected chi connectivity index (χ3v) is 2.64. The van der Waals surface area contributed by atoms with Gasteiger partial charge in [0.15, 0.2) is 0 Å². The number of hydrogen-bond donors (Lipinski definition) is 2. The molecule has 0 aliphatic carbocycles. The SMILES string of the molecule is CC(O)Cc1nsc(Nc2ccccc2)n1. The van der Waals surface area contributed by atoms with Crippen molar-refractivity contribution in [3.8, 4) is 0 Å². The lowest BCUT2D eigenvalue weighted by molar-refractivity contribution is 0.193. The number of aromatic nitrogens is 2. The summed E-state index contributed by atoms with van der Waals surface area (Å²) in [5.41, 5.74) is 0.988. The lowest BCUT2D eigenvalue weighted by Crippen LogP contribution is -2.05. The molecule has 84 valence electrons. The number of aliphatic hydroxyl groups excluding tert-OH is 1. The van der Waals surface area contributed by atoms with Crippen molar-refractivity contribution < 1.29 is 5.11 Å². The van der Waals surface area contributed by atoms with Gasteiger partial charge in [-0.05, 0) is 19.1 Å². The number of aliphatic hydroxyl groups is 1. The van der Waals surface area contributed by atoms with E-state index in [9.17, 15) is 5.11 Å². The first-order valence-electron chi connectivity index (χ1n) is 5.07. The van der Waals surface area contributed by atoms with Crippen LogP contribution < -0.4 is 5.32 Å². The van der Waals surface area contributed by atoms with Gasteiger partial charge in [-0.3, -0.25) is 0 Å².